The van der Waals surface area contributed by atoms with Crippen molar-refractivity contribution in [2.75, 3.05) is 0 Å². The summed E-state index contributed by atoms with van der Waals surface area (Å²) in [5.74, 6) is -1.28. The lowest BCUT2D eigenvalue weighted by molar-refractivity contribution is -0.146. The van der Waals surface area contributed by atoms with Gasteiger partial charge in [-0.15, -0.1) is 0 Å². The van der Waals surface area contributed by atoms with E-state index in [1.165, 1.54) is 0 Å². The van der Waals surface area contributed by atoms with Crippen LogP contribution in [0.4, 0.5) is 0 Å². The Morgan fingerprint density at radius 3 is 2.52 bits per heavy atom. The molecule has 104 valence electrons. The van der Waals surface area contributed by atoms with E-state index in [9.17, 15) is 9.90 Å². The third-order valence-electron chi connectivity index (χ3n) is 3.42. The van der Waals surface area contributed by atoms with Crippen molar-refractivity contribution in [2.24, 2.45) is 0 Å². The van der Waals surface area contributed by atoms with E-state index in [0.717, 1.165) is 10.8 Å². The molecule has 1 unspecified atom stereocenters. The van der Waals surface area contributed by atoms with Crippen molar-refractivity contribution in [3.05, 3.63) is 66.4 Å². The summed E-state index contributed by atoms with van der Waals surface area (Å²) in [4.78, 5) is 15.5. The zero-order chi connectivity index (χ0) is 14.8. The Balaban J connectivity index is 2.27. The van der Waals surface area contributed by atoms with Crippen molar-refractivity contribution in [2.45, 2.75) is 6.10 Å². The first kappa shape index (κ1) is 13.3. The minimum absolute atomic E-state index is 0.342. The molecule has 0 aliphatic heterocycles. The zero-order valence-electron chi connectivity index (χ0n) is 11.1. The molecule has 2 aromatic carbocycles. The van der Waals surface area contributed by atoms with Crippen LogP contribution in [0.1, 0.15) is 11.7 Å². The lowest BCUT2D eigenvalue weighted by Crippen LogP contribution is -2.11. The van der Waals surface area contributed by atoms with Gasteiger partial charge in [0, 0.05) is 22.7 Å². The van der Waals surface area contributed by atoms with Crippen LogP contribution in [0.2, 0.25) is 0 Å². The summed E-state index contributed by atoms with van der Waals surface area (Å²) in [7, 11) is 0. The van der Waals surface area contributed by atoms with Crippen molar-refractivity contribution in [1.29, 1.82) is 0 Å². The Kier molecular flexibility index (Phi) is 3.38. The topological polar surface area (TPSA) is 70.4 Å². The van der Waals surface area contributed by atoms with E-state index < -0.39 is 12.1 Å². The van der Waals surface area contributed by atoms with Crippen LogP contribution < -0.4 is 0 Å². The van der Waals surface area contributed by atoms with E-state index in [0.29, 0.717) is 16.8 Å². The number of aliphatic carboxylic acids is 1. The molecule has 2 N–H and O–H groups in total. The summed E-state index contributed by atoms with van der Waals surface area (Å²) >= 11 is 0. The number of carboxylic acids is 1. The molecule has 3 aromatic rings. The van der Waals surface area contributed by atoms with Gasteiger partial charge < -0.3 is 10.2 Å². The quantitative estimate of drug-likeness (QED) is 0.773. The van der Waals surface area contributed by atoms with Crippen molar-refractivity contribution >= 4 is 16.7 Å². The summed E-state index contributed by atoms with van der Waals surface area (Å²) in [5, 5.41) is 20.9. The first-order valence-electron chi connectivity index (χ1n) is 6.52. The van der Waals surface area contributed by atoms with Crippen LogP contribution in [0, 0.1) is 0 Å². The standard InChI is InChI=1S/C17H13NO3/c19-16(17(20)21)14-8-4-3-7-13(14)15-12-6-2-1-5-11(12)9-10-18-15/h1-10,16,19H,(H,20,21). The van der Waals surface area contributed by atoms with E-state index >= 15 is 0 Å². The number of nitrogens with zero attached hydrogens (tertiary/aromatic N) is 1. The molecule has 0 fully saturated rings. The highest BCUT2D eigenvalue weighted by Crippen LogP contribution is 2.31. The number of aliphatic hydroxyl groups is 1. The second kappa shape index (κ2) is 5.34. The smallest absolute Gasteiger partial charge is 0.337 e. The normalized spacial score (nSPS) is 12.2. The number of aliphatic hydroxyl groups excluding tert-OH is 1. The van der Waals surface area contributed by atoms with E-state index in [1.54, 1.807) is 30.5 Å². The van der Waals surface area contributed by atoms with E-state index in [1.807, 2.05) is 30.3 Å². The summed E-state index contributed by atoms with van der Waals surface area (Å²) in [5.41, 5.74) is 1.64. The van der Waals surface area contributed by atoms with Crippen LogP contribution in [0.5, 0.6) is 0 Å². The van der Waals surface area contributed by atoms with Gasteiger partial charge in [0.1, 0.15) is 0 Å². The van der Waals surface area contributed by atoms with Crippen LogP contribution >= 0.6 is 0 Å². The molecular formula is C17H13NO3. The molecule has 0 amide bonds. The van der Waals surface area contributed by atoms with Gasteiger partial charge in [-0.25, -0.2) is 4.79 Å². The largest absolute Gasteiger partial charge is 0.479 e. The minimum atomic E-state index is -1.57. The second-order valence-corrected chi connectivity index (χ2v) is 4.71. The monoisotopic (exact) mass is 279 g/mol. The van der Waals surface area contributed by atoms with Crippen LogP contribution in [0.25, 0.3) is 22.0 Å². The average Bonchev–Trinajstić information content (AvgIpc) is 2.53. The van der Waals surface area contributed by atoms with E-state index in [4.69, 9.17) is 5.11 Å². The summed E-state index contributed by atoms with van der Waals surface area (Å²) in [6.45, 7) is 0. The predicted molar refractivity (Wildman–Crippen MR) is 79.8 cm³/mol. The maximum absolute atomic E-state index is 11.1. The van der Waals surface area contributed by atoms with Gasteiger partial charge in [-0.2, -0.15) is 0 Å². The highest BCUT2D eigenvalue weighted by molar-refractivity contribution is 5.95. The minimum Gasteiger partial charge on any atom is -0.479 e. The second-order valence-electron chi connectivity index (χ2n) is 4.71. The third kappa shape index (κ3) is 2.37. The van der Waals surface area contributed by atoms with Gasteiger partial charge in [0.15, 0.2) is 6.10 Å². The fraction of sp³-hybridized carbons (Fsp3) is 0.0588. The molecule has 0 spiro atoms. The molecule has 0 saturated heterocycles. The van der Waals surface area contributed by atoms with Gasteiger partial charge in [-0.3, -0.25) is 4.98 Å². The molecule has 3 rings (SSSR count). The predicted octanol–water partition coefficient (Wildman–Crippen LogP) is 3.02. The van der Waals surface area contributed by atoms with E-state index in [-0.39, 0.29) is 0 Å². The number of aromatic nitrogens is 1. The fourth-order valence-electron chi connectivity index (χ4n) is 2.42. The van der Waals surface area contributed by atoms with Crippen LogP contribution in [0.3, 0.4) is 0 Å². The van der Waals surface area contributed by atoms with Gasteiger partial charge >= 0.3 is 5.97 Å². The summed E-state index contributed by atoms with van der Waals surface area (Å²) in [6, 6.07) is 16.5. The Labute approximate surface area is 121 Å². The zero-order valence-corrected chi connectivity index (χ0v) is 11.1. The van der Waals surface area contributed by atoms with Gasteiger partial charge in [0.2, 0.25) is 0 Å². The first-order valence-corrected chi connectivity index (χ1v) is 6.52. The third-order valence-corrected chi connectivity index (χ3v) is 3.42. The Morgan fingerprint density at radius 1 is 1.00 bits per heavy atom. The number of hydrogen-bond donors (Lipinski definition) is 2. The van der Waals surface area contributed by atoms with Crippen molar-refractivity contribution in [3.8, 4) is 11.3 Å². The molecule has 0 aliphatic rings. The average molecular weight is 279 g/mol. The number of rotatable bonds is 3. The van der Waals surface area contributed by atoms with E-state index in [2.05, 4.69) is 4.98 Å². The highest BCUT2D eigenvalue weighted by atomic mass is 16.4. The SMILES string of the molecule is O=C(O)C(O)c1ccccc1-c1nccc2ccccc12. The lowest BCUT2D eigenvalue weighted by atomic mass is 9.96. The molecule has 21 heavy (non-hydrogen) atoms. The van der Waals surface area contributed by atoms with Gasteiger partial charge in [0.25, 0.3) is 0 Å². The van der Waals surface area contributed by atoms with Crippen molar-refractivity contribution < 1.29 is 15.0 Å². The number of pyridine rings is 1. The summed E-state index contributed by atoms with van der Waals surface area (Å²) in [6.07, 6.45) is 0.115. The van der Waals surface area contributed by atoms with Crippen molar-refractivity contribution in [3.63, 3.8) is 0 Å². The highest BCUT2D eigenvalue weighted by Gasteiger charge is 2.21. The number of carboxylic acid groups (broad SMARTS) is 1. The number of hydrogen-bond acceptors (Lipinski definition) is 3. The Hall–Kier alpha value is -2.72. The molecule has 4 nitrogen and oxygen atoms in total. The molecule has 0 aliphatic carbocycles. The Morgan fingerprint density at radius 2 is 1.71 bits per heavy atom. The van der Waals surface area contributed by atoms with Crippen LogP contribution in [-0.4, -0.2) is 21.2 Å². The van der Waals surface area contributed by atoms with Crippen LogP contribution in [0.15, 0.2) is 60.8 Å². The van der Waals surface area contributed by atoms with Crippen LogP contribution in [-0.2, 0) is 4.79 Å². The van der Waals surface area contributed by atoms with Gasteiger partial charge in [0.05, 0.1) is 5.69 Å². The molecule has 1 aromatic heterocycles. The number of carbonyl (C=O) groups is 1. The lowest BCUT2D eigenvalue weighted by Gasteiger charge is -2.13. The maximum atomic E-state index is 11.1. The first-order chi connectivity index (χ1) is 10.2. The molecule has 0 saturated carbocycles. The van der Waals surface area contributed by atoms with Gasteiger partial charge in [-0.1, -0.05) is 48.5 Å². The Bertz CT molecular complexity index is 808. The molecule has 1 heterocycles. The van der Waals surface area contributed by atoms with Gasteiger partial charge in [-0.05, 0) is 11.5 Å². The molecule has 0 radical (unpaired) electrons. The van der Waals surface area contributed by atoms with Crippen molar-refractivity contribution in [1.82, 2.24) is 4.98 Å². The maximum Gasteiger partial charge on any atom is 0.337 e. The number of benzene rings is 2. The molecule has 1 atom stereocenters. The molecule has 4 heteroatoms. The summed E-state index contributed by atoms with van der Waals surface area (Å²) < 4.78 is 0. The fourth-order valence-corrected chi connectivity index (χ4v) is 2.42. The molecular weight excluding hydrogens is 266 g/mol. The molecule has 0 bridgehead atoms. The number of fused-ring (bicyclic) bond motifs is 1.